The van der Waals surface area contributed by atoms with E-state index in [1.54, 1.807) is 0 Å². The third-order valence-corrected chi connectivity index (χ3v) is 12.5. The molecule has 0 saturated heterocycles. The summed E-state index contributed by atoms with van der Waals surface area (Å²) >= 11 is 0. The van der Waals surface area contributed by atoms with Crippen molar-refractivity contribution >= 4 is 17.9 Å². The van der Waals surface area contributed by atoms with Crippen LogP contribution in [0.3, 0.4) is 0 Å². The second kappa shape index (κ2) is 68.2. The summed E-state index contributed by atoms with van der Waals surface area (Å²) in [7, 11) is 0. The fourth-order valence-corrected chi connectivity index (χ4v) is 7.74. The summed E-state index contributed by atoms with van der Waals surface area (Å²) < 4.78 is 16.8. The minimum Gasteiger partial charge on any atom is -0.462 e. The lowest BCUT2D eigenvalue weighted by molar-refractivity contribution is -0.167. The fourth-order valence-electron chi connectivity index (χ4n) is 7.74. The highest BCUT2D eigenvalue weighted by Gasteiger charge is 2.19. The van der Waals surface area contributed by atoms with Gasteiger partial charge in [0.05, 0.1) is 0 Å². The van der Waals surface area contributed by atoms with E-state index in [4.69, 9.17) is 14.2 Å². The van der Waals surface area contributed by atoms with Crippen molar-refractivity contribution in [3.63, 3.8) is 0 Å². The Hall–Kier alpha value is -6.27. The number of unbranched alkanes of at least 4 members (excludes halogenated alkanes) is 8. The lowest BCUT2D eigenvalue weighted by atomic mass is 10.1. The highest BCUT2D eigenvalue weighted by Crippen LogP contribution is 2.11. The average molecular weight is 1140 g/mol. The zero-order valence-electron chi connectivity index (χ0n) is 52.4. The summed E-state index contributed by atoms with van der Waals surface area (Å²) in [6.45, 7) is 6.18. The standard InChI is InChI=1S/C77H114O6/c1-4-7-10-13-16-19-22-25-28-31-34-37-38-41-43-46-49-52-55-58-61-64-67-70-76(79)82-73-74(83-77(80)71-68-65-62-59-56-53-50-47-44-40-36-33-30-27-24-21-18-15-12-9-6-3)72-81-75(78)69-66-63-60-57-54-51-48-45-42-39-35-32-29-26-23-20-17-14-11-8-5-2/h7-12,16-21,25-30,34-37,39-41,43,45,47-50,52,54,56-57,59,74H,4-6,13-15,22-24,31-33,38,42,44,46,51,53,55,58,60-73H2,1-3H3/b10-7-,11-8-,12-9-,19-16-,20-17-,21-18-,28-25-,29-26-,30-27-,37-34-,39-35-,40-36-,43-41-,48-45-,50-47-,52-49-,57-54-,59-56-. The highest BCUT2D eigenvalue weighted by atomic mass is 16.6. The molecule has 0 aliphatic carbocycles. The number of ether oxygens (including phenoxy) is 3. The van der Waals surface area contributed by atoms with E-state index in [9.17, 15) is 14.4 Å². The van der Waals surface area contributed by atoms with Crippen molar-refractivity contribution in [2.75, 3.05) is 13.2 Å². The van der Waals surface area contributed by atoms with E-state index in [1.807, 2.05) is 0 Å². The largest absolute Gasteiger partial charge is 0.462 e. The van der Waals surface area contributed by atoms with Gasteiger partial charge in [0.15, 0.2) is 6.10 Å². The zero-order chi connectivity index (χ0) is 59.9. The average Bonchev–Trinajstić information content (AvgIpc) is 3.49. The van der Waals surface area contributed by atoms with Gasteiger partial charge in [-0.15, -0.1) is 0 Å². The molecule has 0 aromatic heterocycles. The van der Waals surface area contributed by atoms with Crippen LogP contribution in [-0.2, 0) is 28.6 Å². The van der Waals surface area contributed by atoms with E-state index in [0.717, 1.165) is 173 Å². The summed E-state index contributed by atoms with van der Waals surface area (Å²) in [4.78, 5) is 38.4. The molecule has 1 atom stereocenters. The van der Waals surface area contributed by atoms with Crippen molar-refractivity contribution in [2.24, 2.45) is 0 Å². The lowest BCUT2D eigenvalue weighted by Crippen LogP contribution is -2.30. The summed E-state index contributed by atoms with van der Waals surface area (Å²) in [6.07, 6.45) is 106. The molecule has 0 spiro atoms. The van der Waals surface area contributed by atoms with Gasteiger partial charge in [-0.25, -0.2) is 0 Å². The Balaban J connectivity index is 4.66. The molecule has 0 aromatic carbocycles. The van der Waals surface area contributed by atoms with Crippen LogP contribution in [0.25, 0.3) is 0 Å². The second-order valence-electron chi connectivity index (χ2n) is 20.2. The van der Waals surface area contributed by atoms with E-state index in [1.165, 1.54) is 0 Å². The van der Waals surface area contributed by atoms with E-state index in [2.05, 4.69) is 240 Å². The maximum atomic E-state index is 12.9. The first kappa shape index (κ1) is 76.7. The molecule has 6 nitrogen and oxygen atoms in total. The van der Waals surface area contributed by atoms with Crippen molar-refractivity contribution in [1.82, 2.24) is 0 Å². The van der Waals surface area contributed by atoms with Crippen LogP contribution in [0.2, 0.25) is 0 Å². The third kappa shape index (κ3) is 66.4. The zero-order valence-corrected chi connectivity index (χ0v) is 52.4. The van der Waals surface area contributed by atoms with Gasteiger partial charge in [-0.1, -0.05) is 252 Å². The molecule has 0 rings (SSSR count). The van der Waals surface area contributed by atoms with Crippen LogP contribution < -0.4 is 0 Å². The molecule has 0 aliphatic heterocycles. The van der Waals surface area contributed by atoms with Gasteiger partial charge in [0.2, 0.25) is 0 Å². The Morgan fingerprint density at radius 1 is 0.241 bits per heavy atom. The minimum absolute atomic E-state index is 0.137. The summed E-state index contributed by atoms with van der Waals surface area (Å²) in [5.41, 5.74) is 0. The molecular formula is C77H114O6. The van der Waals surface area contributed by atoms with Crippen molar-refractivity contribution in [1.29, 1.82) is 0 Å². The van der Waals surface area contributed by atoms with Gasteiger partial charge >= 0.3 is 17.9 Å². The van der Waals surface area contributed by atoms with E-state index in [-0.39, 0.29) is 44.0 Å². The molecule has 0 fully saturated rings. The molecular weight excluding hydrogens is 1020 g/mol. The Bertz CT molecular complexity index is 2080. The minimum atomic E-state index is -0.848. The smallest absolute Gasteiger partial charge is 0.306 e. The summed E-state index contributed by atoms with van der Waals surface area (Å²) in [5, 5.41) is 0. The van der Waals surface area contributed by atoms with E-state index in [0.29, 0.717) is 19.3 Å². The normalized spacial score (nSPS) is 13.6. The van der Waals surface area contributed by atoms with Gasteiger partial charge in [-0.2, -0.15) is 0 Å². The monoisotopic (exact) mass is 1130 g/mol. The number of allylic oxidation sites excluding steroid dienone is 36. The van der Waals surface area contributed by atoms with Gasteiger partial charge < -0.3 is 14.2 Å². The summed E-state index contributed by atoms with van der Waals surface area (Å²) in [6, 6.07) is 0. The number of esters is 3. The Morgan fingerprint density at radius 3 is 0.687 bits per heavy atom. The molecule has 0 N–H and O–H groups in total. The Labute approximate surface area is 508 Å². The summed E-state index contributed by atoms with van der Waals surface area (Å²) in [5.74, 6) is -1.06. The molecule has 0 radical (unpaired) electrons. The molecule has 0 bridgehead atoms. The van der Waals surface area contributed by atoms with Gasteiger partial charge in [0.25, 0.3) is 0 Å². The SMILES string of the molecule is CC/C=C\C/C=C\C/C=C\C/C=C\C/C=C\C/C=C\CCCCCCC(=O)OCC(COC(=O)CCCC/C=C\C/C=C\C/C=C\C/C=C\C/C=C\C/C=C\CC)OC(=O)CCCC/C=C\C/C=C\C/C=C\C/C=C\C/C=C\C/C=C\CC. The topological polar surface area (TPSA) is 78.9 Å². The van der Waals surface area contributed by atoms with Gasteiger partial charge in [0, 0.05) is 19.3 Å². The lowest BCUT2D eigenvalue weighted by Gasteiger charge is -2.18. The first-order chi connectivity index (χ1) is 41.0. The van der Waals surface area contributed by atoms with Crippen LogP contribution in [0.5, 0.6) is 0 Å². The predicted octanol–water partition coefficient (Wildman–Crippen LogP) is 22.5. The van der Waals surface area contributed by atoms with Crippen LogP contribution >= 0.6 is 0 Å². The molecule has 1 unspecified atom stereocenters. The number of rotatable bonds is 55. The highest BCUT2D eigenvalue weighted by molar-refractivity contribution is 5.71. The molecule has 0 heterocycles. The Morgan fingerprint density at radius 2 is 0.434 bits per heavy atom. The number of hydrogen-bond donors (Lipinski definition) is 0. The third-order valence-electron chi connectivity index (χ3n) is 12.5. The first-order valence-corrected chi connectivity index (χ1v) is 32.2. The van der Waals surface area contributed by atoms with Crippen LogP contribution in [0.15, 0.2) is 219 Å². The maximum absolute atomic E-state index is 12.9. The molecule has 0 aromatic rings. The number of carbonyl (C=O) groups excluding carboxylic acids is 3. The second-order valence-corrected chi connectivity index (χ2v) is 20.2. The van der Waals surface area contributed by atoms with Crippen LogP contribution in [0.1, 0.15) is 226 Å². The maximum Gasteiger partial charge on any atom is 0.306 e. The molecule has 458 valence electrons. The molecule has 0 aliphatic rings. The molecule has 6 heteroatoms. The van der Waals surface area contributed by atoms with Crippen molar-refractivity contribution in [3.05, 3.63) is 219 Å². The van der Waals surface area contributed by atoms with E-state index < -0.39 is 6.10 Å². The first-order valence-electron chi connectivity index (χ1n) is 32.2. The van der Waals surface area contributed by atoms with Gasteiger partial charge in [0.1, 0.15) is 13.2 Å². The van der Waals surface area contributed by atoms with Crippen LogP contribution in [0.4, 0.5) is 0 Å². The van der Waals surface area contributed by atoms with Crippen LogP contribution in [0, 0.1) is 0 Å². The van der Waals surface area contributed by atoms with Crippen molar-refractivity contribution in [2.45, 2.75) is 232 Å². The van der Waals surface area contributed by atoms with E-state index >= 15 is 0 Å². The molecule has 0 saturated carbocycles. The quantitative estimate of drug-likeness (QED) is 0.0261. The molecule has 0 amide bonds. The van der Waals surface area contributed by atoms with Crippen molar-refractivity contribution < 1.29 is 28.6 Å². The fraction of sp³-hybridized carbons (Fsp3) is 0.494. The number of carbonyl (C=O) groups is 3. The van der Waals surface area contributed by atoms with Gasteiger partial charge in [-0.3, -0.25) is 14.4 Å². The predicted molar refractivity (Wildman–Crippen MR) is 361 cm³/mol. The van der Waals surface area contributed by atoms with Crippen LogP contribution in [-0.4, -0.2) is 37.2 Å². The number of hydrogen-bond acceptors (Lipinski definition) is 6. The Kier molecular flexibility index (Phi) is 63.1. The van der Waals surface area contributed by atoms with Crippen molar-refractivity contribution in [3.8, 4) is 0 Å². The van der Waals surface area contributed by atoms with Gasteiger partial charge in [-0.05, 0) is 173 Å². The molecule has 83 heavy (non-hydrogen) atoms.